The highest BCUT2D eigenvalue weighted by atomic mass is 19.2. The number of hydrogen-bond acceptors (Lipinski definition) is 3. The van der Waals surface area contributed by atoms with Gasteiger partial charge in [0.2, 0.25) is 5.91 Å². The van der Waals surface area contributed by atoms with Crippen molar-refractivity contribution in [3.8, 4) is 0 Å². The summed E-state index contributed by atoms with van der Waals surface area (Å²) in [6.45, 7) is 4.72. The van der Waals surface area contributed by atoms with Crippen molar-refractivity contribution in [2.75, 3.05) is 31.1 Å². The lowest BCUT2D eigenvalue weighted by Crippen LogP contribution is -2.32. The molecule has 0 radical (unpaired) electrons. The molecule has 1 aromatic carbocycles. The number of rotatable bonds is 6. The smallest absolute Gasteiger partial charge is 0.225 e. The number of nitrogens with one attached hydrogen (secondary N) is 1. The van der Waals surface area contributed by atoms with E-state index < -0.39 is 11.6 Å². The van der Waals surface area contributed by atoms with E-state index in [-0.39, 0.29) is 17.9 Å². The van der Waals surface area contributed by atoms with Gasteiger partial charge >= 0.3 is 0 Å². The summed E-state index contributed by atoms with van der Waals surface area (Å²) in [5.41, 5.74) is 0.691. The van der Waals surface area contributed by atoms with Crippen molar-refractivity contribution < 1.29 is 18.3 Å². The summed E-state index contributed by atoms with van der Waals surface area (Å²) >= 11 is 0. The van der Waals surface area contributed by atoms with Crippen molar-refractivity contribution in [3.05, 3.63) is 29.8 Å². The van der Waals surface area contributed by atoms with Gasteiger partial charge in [0.05, 0.1) is 12.0 Å². The van der Waals surface area contributed by atoms with Crippen LogP contribution in [0.2, 0.25) is 0 Å². The molecule has 1 N–H and O–H groups in total. The quantitative estimate of drug-likeness (QED) is 0.873. The Kier molecular flexibility index (Phi) is 4.80. The van der Waals surface area contributed by atoms with E-state index in [0.29, 0.717) is 24.8 Å². The fourth-order valence-corrected chi connectivity index (χ4v) is 3.14. The first kappa shape index (κ1) is 16.2. The van der Waals surface area contributed by atoms with Crippen molar-refractivity contribution in [2.24, 2.45) is 11.8 Å². The standard InChI is InChI=1S/C17H22F2N2O2/c1-2-23-16-8-13(16)17(22)20-9-11-5-6-21(10-11)12-3-4-14(18)15(19)7-12/h3-4,7,11,13,16H,2,5-6,8-10H2,1H3,(H,20,22). The largest absolute Gasteiger partial charge is 0.378 e. The Bertz CT molecular complexity index is 582. The molecule has 1 saturated carbocycles. The van der Waals surface area contributed by atoms with Gasteiger partial charge in [0.25, 0.3) is 0 Å². The van der Waals surface area contributed by atoms with Crippen LogP contribution in [0.4, 0.5) is 14.5 Å². The van der Waals surface area contributed by atoms with E-state index >= 15 is 0 Å². The van der Waals surface area contributed by atoms with Crippen LogP contribution >= 0.6 is 0 Å². The van der Waals surface area contributed by atoms with Crippen LogP contribution in [-0.4, -0.2) is 38.3 Å². The van der Waals surface area contributed by atoms with Crippen LogP contribution in [0.15, 0.2) is 18.2 Å². The van der Waals surface area contributed by atoms with Crippen molar-refractivity contribution in [2.45, 2.75) is 25.9 Å². The highest BCUT2D eigenvalue weighted by Gasteiger charge is 2.44. The van der Waals surface area contributed by atoms with Gasteiger partial charge in [0, 0.05) is 38.0 Å². The van der Waals surface area contributed by atoms with E-state index in [1.54, 1.807) is 6.07 Å². The van der Waals surface area contributed by atoms with Crippen LogP contribution < -0.4 is 10.2 Å². The van der Waals surface area contributed by atoms with Crippen molar-refractivity contribution in [3.63, 3.8) is 0 Å². The molecule has 1 amide bonds. The highest BCUT2D eigenvalue weighted by Crippen LogP contribution is 2.34. The molecular weight excluding hydrogens is 302 g/mol. The second-order valence-corrected chi connectivity index (χ2v) is 6.28. The zero-order valence-corrected chi connectivity index (χ0v) is 13.2. The van der Waals surface area contributed by atoms with Crippen LogP contribution in [0.25, 0.3) is 0 Å². The van der Waals surface area contributed by atoms with E-state index in [1.807, 2.05) is 11.8 Å². The lowest BCUT2D eigenvalue weighted by atomic mass is 10.1. The molecule has 4 nitrogen and oxygen atoms in total. The summed E-state index contributed by atoms with van der Waals surface area (Å²) in [4.78, 5) is 14.0. The van der Waals surface area contributed by atoms with Crippen molar-refractivity contribution >= 4 is 11.6 Å². The maximum absolute atomic E-state index is 13.3. The molecule has 6 heteroatoms. The second kappa shape index (κ2) is 6.83. The molecule has 2 aliphatic rings. The number of halogens is 2. The molecular formula is C17H22F2N2O2. The molecule has 0 bridgehead atoms. The predicted molar refractivity (Wildman–Crippen MR) is 83.2 cm³/mol. The van der Waals surface area contributed by atoms with Crippen LogP contribution in [0, 0.1) is 23.5 Å². The Balaban J connectivity index is 1.45. The number of ether oxygens (including phenoxy) is 1. The van der Waals surface area contributed by atoms with Gasteiger partial charge in [-0.2, -0.15) is 0 Å². The van der Waals surface area contributed by atoms with Gasteiger partial charge < -0.3 is 15.0 Å². The highest BCUT2D eigenvalue weighted by molar-refractivity contribution is 5.82. The molecule has 3 atom stereocenters. The van der Waals surface area contributed by atoms with Gasteiger partial charge in [-0.05, 0) is 37.8 Å². The molecule has 1 aliphatic heterocycles. The van der Waals surface area contributed by atoms with Crippen LogP contribution in [-0.2, 0) is 9.53 Å². The molecule has 2 fully saturated rings. The molecule has 0 spiro atoms. The van der Waals surface area contributed by atoms with E-state index in [9.17, 15) is 13.6 Å². The van der Waals surface area contributed by atoms with E-state index in [2.05, 4.69) is 5.32 Å². The van der Waals surface area contributed by atoms with E-state index in [4.69, 9.17) is 4.74 Å². The molecule has 23 heavy (non-hydrogen) atoms. The molecule has 3 unspecified atom stereocenters. The fraction of sp³-hybridized carbons (Fsp3) is 0.588. The summed E-state index contributed by atoms with van der Waals surface area (Å²) in [6.07, 6.45) is 1.83. The fourth-order valence-electron chi connectivity index (χ4n) is 3.14. The maximum Gasteiger partial charge on any atom is 0.225 e. The summed E-state index contributed by atoms with van der Waals surface area (Å²) in [5, 5.41) is 2.99. The van der Waals surface area contributed by atoms with Gasteiger partial charge in [0.1, 0.15) is 0 Å². The third-order valence-corrected chi connectivity index (χ3v) is 4.57. The van der Waals surface area contributed by atoms with Gasteiger partial charge in [-0.25, -0.2) is 8.78 Å². The normalized spacial score (nSPS) is 26.4. The number of anilines is 1. The number of carbonyl (C=O) groups excluding carboxylic acids is 1. The number of benzene rings is 1. The van der Waals surface area contributed by atoms with Crippen LogP contribution in [0.1, 0.15) is 19.8 Å². The first-order valence-electron chi connectivity index (χ1n) is 8.17. The second-order valence-electron chi connectivity index (χ2n) is 6.28. The third-order valence-electron chi connectivity index (χ3n) is 4.57. The molecule has 1 aromatic rings. The lowest BCUT2D eigenvalue weighted by Gasteiger charge is -2.19. The predicted octanol–water partition coefficient (Wildman–Crippen LogP) is 2.33. The minimum absolute atomic E-state index is 0.00125. The minimum Gasteiger partial charge on any atom is -0.378 e. The Morgan fingerprint density at radius 3 is 2.96 bits per heavy atom. The van der Waals surface area contributed by atoms with E-state index in [0.717, 1.165) is 32.0 Å². The summed E-state index contributed by atoms with van der Waals surface area (Å²) in [6, 6.07) is 3.98. The molecule has 3 rings (SSSR count). The Morgan fingerprint density at radius 1 is 1.39 bits per heavy atom. The average molecular weight is 324 g/mol. The molecule has 1 aliphatic carbocycles. The monoisotopic (exact) mass is 324 g/mol. The van der Waals surface area contributed by atoms with Crippen molar-refractivity contribution in [1.82, 2.24) is 5.32 Å². The van der Waals surface area contributed by atoms with E-state index in [1.165, 1.54) is 6.07 Å². The number of carbonyl (C=O) groups is 1. The molecule has 0 aromatic heterocycles. The van der Waals surface area contributed by atoms with Gasteiger partial charge in [-0.1, -0.05) is 0 Å². The van der Waals surface area contributed by atoms with Gasteiger partial charge in [-0.15, -0.1) is 0 Å². The number of nitrogens with zero attached hydrogens (tertiary/aromatic N) is 1. The summed E-state index contributed by atoms with van der Waals surface area (Å²) in [7, 11) is 0. The lowest BCUT2D eigenvalue weighted by molar-refractivity contribution is -0.123. The first-order valence-corrected chi connectivity index (χ1v) is 8.17. The maximum atomic E-state index is 13.3. The Hall–Kier alpha value is -1.69. The summed E-state index contributed by atoms with van der Waals surface area (Å²) in [5.74, 6) is -1.26. The minimum atomic E-state index is -0.829. The average Bonchev–Trinajstić information content (AvgIpc) is 3.14. The molecule has 1 heterocycles. The molecule has 1 saturated heterocycles. The molecule has 126 valence electrons. The van der Waals surface area contributed by atoms with Crippen LogP contribution in [0.5, 0.6) is 0 Å². The van der Waals surface area contributed by atoms with Crippen LogP contribution in [0.3, 0.4) is 0 Å². The topological polar surface area (TPSA) is 41.6 Å². The van der Waals surface area contributed by atoms with Gasteiger partial charge in [0.15, 0.2) is 11.6 Å². The summed E-state index contributed by atoms with van der Waals surface area (Å²) < 4.78 is 31.7. The zero-order valence-electron chi connectivity index (χ0n) is 13.2. The Morgan fingerprint density at radius 2 is 2.22 bits per heavy atom. The number of hydrogen-bond donors (Lipinski definition) is 1. The number of amides is 1. The first-order chi connectivity index (χ1) is 11.1. The third kappa shape index (κ3) is 3.80. The van der Waals surface area contributed by atoms with Gasteiger partial charge in [-0.3, -0.25) is 4.79 Å². The van der Waals surface area contributed by atoms with Crippen molar-refractivity contribution in [1.29, 1.82) is 0 Å². The Labute approximate surface area is 134 Å². The SMILES string of the molecule is CCOC1CC1C(=O)NCC1CCN(c2ccc(F)c(F)c2)C1. The zero-order chi connectivity index (χ0) is 16.4.